The molecule has 5 rings (SSSR count). The fourth-order valence-electron chi connectivity index (χ4n) is 5.00. The van der Waals surface area contributed by atoms with Gasteiger partial charge in [0, 0.05) is 35.3 Å². The lowest BCUT2D eigenvalue weighted by atomic mass is 10.1. The average Bonchev–Trinajstić information content (AvgIpc) is 3.68. The SMILES string of the molecule is CCOC(=O)C1=C(O)/C(=C/c2cn(CC(=O)NC[C@H]3CCCO3)c3c(CC)cccc23)SC1=Nc1ccc(Cl)cc1. The highest BCUT2D eigenvalue weighted by atomic mass is 35.5. The molecule has 41 heavy (non-hydrogen) atoms. The molecule has 1 saturated heterocycles. The molecule has 0 radical (unpaired) electrons. The summed E-state index contributed by atoms with van der Waals surface area (Å²) in [5.41, 5.74) is 3.49. The van der Waals surface area contributed by atoms with Gasteiger partial charge in [-0.25, -0.2) is 9.79 Å². The van der Waals surface area contributed by atoms with Crippen molar-refractivity contribution in [1.82, 2.24) is 9.88 Å². The molecule has 8 nitrogen and oxygen atoms in total. The van der Waals surface area contributed by atoms with E-state index in [1.54, 1.807) is 31.2 Å². The highest BCUT2D eigenvalue weighted by Crippen LogP contribution is 2.41. The monoisotopic (exact) mass is 593 g/mol. The van der Waals surface area contributed by atoms with Gasteiger partial charge in [-0.2, -0.15) is 0 Å². The number of amides is 1. The van der Waals surface area contributed by atoms with Crippen LogP contribution in [0.3, 0.4) is 0 Å². The maximum absolute atomic E-state index is 12.9. The number of benzene rings is 2. The molecule has 0 spiro atoms. The van der Waals surface area contributed by atoms with Gasteiger partial charge in [-0.05, 0) is 62.1 Å². The zero-order chi connectivity index (χ0) is 28.9. The van der Waals surface area contributed by atoms with Gasteiger partial charge in [0.1, 0.15) is 22.9 Å². The third kappa shape index (κ3) is 6.53. The first-order chi connectivity index (χ1) is 19.9. The van der Waals surface area contributed by atoms with Gasteiger partial charge in [0.15, 0.2) is 0 Å². The maximum Gasteiger partial charge on any atom is 0.344 e. The summed E-state index contributed by atoms with van der Waals surface area (Å²) in [7, 11) is 0. The van der Waals surface area contributed by atoms with Crippen LogP contribution in [-0.4, -0.2) is 52.5 Å². The summed E-state index contributed by atoms with van der Waals surface area (Å²) in [6, 6.07) is 12.9. The second kappa shape index (κ2) is 13.0. The van der Waals surface area contributed by atoms with Crippen molar-refractivity contribution in [3.8, 4) is 0 Å². The van der Waals surface area contributed by atoms with Crippen molar-refractivity contribution in [3.63, 3.8) is 0 Å². The van der Waals surface area contributed by atoms with Crippen LogP contribution in [0, 0.1) is 0 Å². The third-order valence-corrected chi connectivity index (χ3v) is 8.24. The predicted octanol–water partition coefficient (Wildman–Crippen LogP) is 6.35. The van der Waals surface area contributed by atoms with Gasteiger partial charge in [0.25, 0.3) is 0 Å². The highest BCUT2D eigenvalue weighted by Gasteiger charge is 2.33. The van der Waals surface area contributed by atoms with Crippen molar-refractivity contribution >= 4 is 62.9 Å². The highest BCUT2D eigenvalue weighted by molar-refractivity contribution is 8.18. The minimum absolute atomic E-state index is 0.0181. The minimum Gasteiger partial charge on any atom is -0.506 e. The molecule has 3 heterocycles. The summed E-state index contributed by atoms with van der Waals surface area (Å²) in [6.07, 6.45) is 6.57. The molecule has 2 aliphatic rings. The van der Waals surface area contributed by atoms with E-state index >= 15 is 0 Å². The zero-order valence-electron chi connectivity index (χ0n) is 23.0. The van der Waals surface area contributed by atoms with Crippen LogP contribution in [0.5, 0.6) is 0 Å². The summed E-state index contributed by atoms with van der Waals surface area (Å²) < 4.78 is 12.8. The van der Waals surface area contributed by atoms with Crippen molar-refractivity contribution in [2.75, 3.05) is 19.8 Å². The number of nitrogens with one attached hydrogen (secondary N) is 1. The van der Waals surface area contributed by atoms with Gasteiger partial charge < -0.3 is 24.5 Å². The van der Waals surface area contributed by atoms with E-state index in [9.17, 15) is 14.7 Å². The lowest BCUT2D eigenvalue weighted by Crippen LogP contribution is -2.34. The van der Waals surface area contributed by atoms with E-state index in [0.29, 0.717) is 27.2 Å². The average molecular weight is 594 g/mol. The van der Waals surface area contributed by atoms with E-state index < -0.39 is 5.97 Å². The van der Waals surface area contributed by atoms with Gasteiger partial charge in [-0.15, -0.1) is 0 Å². The number of aromatic nitrogens is 1. The van der Waals surface area contributed by atoms with Crippen LogP contribution in [0.15, 0.2) is 69.9 Å². The fraction of sp³-hybridized carbons (Fsp3) is 0.323. The summed E-state index contributed by atoms with van der Waals surface area (Å²) in [5.74, 6) is -0.933. The third-order valence-electron chi connectivity index (χ3n) is 6.97. The number of thioether (sulfide) groups is 1. The van der Waals surface area contributed by atoms with E-state index in [2.05, 4.69) is 23.3 Å². The number of nitrogens with zero attached hydrogens (tertiary/aromatic N) is 2. The van der Waals surface area contributed by atoms with Crippen LogP contribution in [0.25, 0.3) is 17.0 Å². The largest absolute Gasteiger partial charge is 0.506 e. The number of aliphatic imine (C=N–C) groups is 1. The van der Waals surface area contributed by atoms with Gasteiger partial charge in [0.2, 0.25) is 5.91 Å². The molecule has 1 fully saturated rings. The zero-order valence-corrected chi connectivity index (χ0v) is 24.6. The van der Waals surface area contributed by atoms with E-state index in [-0.39, 0.29) is 36.5 Å². The molecule has 10 heteroatoms. The molecule has 0 saturated carbocycles. The quantitative estimate of drug-likeness (QED) is 0.281. The van der Waals surface area contributed by atoms with Crippen molar-refractivity contribution in [1.29, 1.82) is 0 Å². The number of hydrogen-bond donors (Lipinski definition) is 2. The van der Waals surface area contributed by atoms with Crippen molar-refractivity contribution in [2.24, 2.45) is 4.99 Å². The number of aryl methyl sites for hydroxylation is 1. The number of esters is 1. The van der Waals surface area contributed by atoms with E-state index in [1.165, 1.54) is 11.8 Å². The number of hydrogen-bond acceptors (Lipinski definition) is 7. The molecule has 1 atom stereocenters. The first-order valence-electron chi connectivity index (χ1n) is 13.7. The topological polar surface area (TPSA) is 102 Å². The molecular formula is C31H32ClN3O5S. The lowest BCUT2D eigenvalue weighted by Gasteiger charge is -2.12. The number of carbonyl (C=O) groups is 2. The molecule has 214 valence electrons. The predicted molar refractivity (Wildman–Crippen MR) is 164 cm³/mol. The maximum atomic E-state index is 12.9. The second-order valence-electron chi connectivity index (χ2n) is 9.77. The molecule has 2 aliphatic heterocycles. The number of para-hydroxylation sites is 1. The standard InChI is InChI=1S/C31H32ClN3O5S/c1-3-19-7-5-9-24-20(17-35(28(19)24)18-26(36)33-16-23-8-6-14-40-23)15-25-29(37)27(31(38)39-4-2)30(41-25)34-22-12-10-21(32)11-13-22/h5,7,9-13,15,17,23,37H,3-4,6,8,14,16,18H2,1-2H3,(H,33,36)/b25-15-,34-30?/t23-/m1/s1. The smallest absolute Gasteiger partial charge is 0.344 e. The van der Waals surface area contributed by atoms with Gasteiger partial charge in [-0.3, -0.25) is 4.79 Å². The Morgan fingerprint density at radius 2 is 2.05 bits per heavy atom. The molecule has 2 N–H and O–H groups in total. The molecule has 1 aromatic heterocycles. The number of fused-ring (bicyclic) bond motifs is 1. The number of halogens is 1. The van der Waals surface area contributed by atoms with Gasteiger partial charge in [-0.1, -0.05) is 48.5 Å². The molecular weight excluding hydrogens is 562 g/mol. The Morgan fingerprint density at radius 3 is 2.76 bits per heavy atom. The van der Waals surface area contributed by atoms with Crippen LogP contribution in [0.2, 0.25) is 5.02 Å². The first-order valence-corrected chi connectivity index (χ1v) is 14.9. The van der Waals surface area contributed by atoms with Crippen LogP contribution < -0.4 is 5.32 Å². The Hall–Kier alpha value is -3.53. The summed E-state index contributed by atoms with van der Waals surface area (Å²) in [4.78, 5) is 30.8. The van der Waals surface area contributed by atoms with Crippen molar-refractivity contribution < 1.29 is 24.2 Å². The van der Waals surface area contributed by atoms with Gasteiger partial charge in [0.05, 0.1) is 28.8 Å². The van der Waals surface area contributed by atoms with Crippen molar-refractivity contribution in [3.05, 3.63) is 81.0 Å². The summed E-state index contributed by atoms with van der Waals surface area (Å²) in [5, 5.41) is 16.1. The Bertz CT molecular complexity index is 1550. The van der Waals surface area contributed by atoms with Crippen LogP contribution in [0.1, 0.15) is 37.8 Å². The van der Waals surface area contributed by atoms with Crippen LogP contribution >= 0.6 is 23.4 Å². The van der Waals surface area contributed by atoms with E-state index in [1.807, 2.05) is 29.0 Å². The van der Waals surface area contributed by atoms with E-state index in [4.69, 9.17) is 21.1 Å². The molecule has 0 bridgehead atoms. The molecule has 1 amide bonds. The number of aliphatic hydroxyl groups excluding tert-OH is 1. The second-order valence-corrected chi connectivity index (χ2v) is 11.2. The number of ether oxygens (including phenoxy) is 2. The molecule has 0 unspecified atom stereocenters. The van der Waals surface area contributed by atoms with E-state index in [0.717, 1.165) is 47.9 Å². The Balaban J connectivity index is 1.50. The van der Waals surface area contributed by atoms with Crippen LogP contribution in [0.4, 0.5) is 5.69 Å². The summed E-state index contributed by atoms with van der Waals surface area (Å²) >= 11 is 7.21. The lowest BCUT2D eigenvalue weighted by molar-refractivity contribution is -0.138. The molecule has 3 aromatic rings. The minimum atomic E-state index is -0.646. The Labute approximate surface area is 248 Å². The van der Waals surface area contributed by atoms with Gasteiger partial charge >= 0.3 is 5.97 Å². The first kappa shape index (κ1) is 29.0. The molecule has 2 aromatic carbocycles. The number of aliphatic hydroxyl groups is 1. The summed E-state index contributed by atoms with van der Waals surface area (Å²) in [6.45, 7) is 5.34. The van der Waals surface area contributed by atoms with Crippen LogP contribution in [-0.2, 0) is 32.0 Å². The number of carbonyl (C=O) groups excluding carboxylic acids is 2. The fourth-order valence-corrected chi connectivity index (χ4v) is 6.15. The Kier molecular flexibility index (Phi) is 9.17. The number of rotatable bonds is 9. The van der Waals surface area contributed by atoms with Crippen molar-refractivity contribution in [2.45, 2.75) is 45.8 Å². The Morgan fingerprint density at radius 1 is 1.24 bits per heavy atom. The molecule has 0 aliphatic carbocycles. The normalized spacial score (nSPS) is 19.0.